The van der Waals surface area contributed by atoms with Crippen molar-refractivity contribution in [2.24, 2.45) is 0 Å². The standard InChI is InChI=1S/C13H15NO3/c1-9-3-2-8-14(9)12(15)10-4-6-11(7-5-10)13(16)17/h4-7,9H,2-3,8H2,1H3,(H,16,17)/t9-/m0/s1. The lowest BCUT2D eigenvalue weighted by molar-refractivity contribution is 0.0693. The number of nitrogens with zero attached hydrogens (tertiary/aromatic N) is 1. The van der Waals surface area contributed by atoms with E-state index in [1.54, 1.807) is 12.1 Å². The average Bonchev–Trinajstić information content (AvgIpc) is 2.74. The summed E-state index contributed by atoms with van der Waals surface area (Å²) in [6.07, 6.45) is 2.08. The summed E-state index contributed by atoms with van der Waals surface area (Å²) in [5.41, 5.74) is 0.764. The van der Waals surface area contributed by atoms with Gasteiger partial charge in [-0.15, -0.1) is 0 Å². The van der Waals surface area contributed by atoms with E-state index in [2.05, 4.69) is 0 Å². The smallest absolute Gasteiger partial charge is 0.335 e. The number of rotatable bonds is 2. The van der Waals surface area contributed by atoms with E-state index in [4.69, 9.17) is 5.11 Å². The molecular weight excluding hydrogens is 218 g/mol. The minimum Gasteiger partial charge on any atom is -0.478 e. The molecule has 0 spiro atoms. The van der Waals surface area contributed by atoms with E-state index in [1.165, 1.54) is 12.1 Å². The fourth-order valence-corrected chi connectivity index (χ4v) is 2.16. The Bertz CT molecular complexity index is 438. The molecule has 17 heavy (non-hydrogen) atoms. The molecule has 2 rings (SSSR count). The van der Waals surface area contributed by atoms with Crippen LogP contribution < -0.4 is 0 Å². The van der Waals surface area contributed by atoms with Gasteiger partial charge in [0.2, 0.25) is 0 Å². The number of carboxylic acids is 1. The van der Waals surface area contributed by atoms with Crippen molar-refractivity contribution in [3.63, 3.8) is 0 Å². The maximum absolute atomic E-state index is 12.1. The molecule has 1 fully saturated rings. The Morgan fingerprint density at radius 2 is 1.82 bits per heavy atom. The van der Waals surface area contributed by atoms with Crippen LogP contribution in [0.5, 0.6) is 0 Å². The van der Waals surface area contributed by atoms with Crippen LogP contribution in [0.15, 0.2) is 24.3 Å². The lowest BCUT2D eigenvalue weighted by Crippen LogP contribution is -2.33. The van der Waals surface area contributed by atoms with Crippen molar-refractivity contribution in [3.8, 4) is 0 Å². The number of aromatic carboxylic acids is 1. The van der Waals surface area contributed by atoms with Crippen LogP contribution in [0.2, 0.25) is 0 Å². The molecule has 4 nitrogen and oxygen atoms in total. The predicted octanol–water partition coefficient (Wildman–Crippen LogP) is 2.01. The molecule has 0 radical (unpaired) electrons. The van der Waals surface area contributed by atoms with E-state index in [0.717, 1.165) is 19.4 Å². The number of benzene rings is 1. The van der Waals surface area contributed by atoms with Gasteiger partial charge in [0.15, 0.2) is 0 Å². The van der Waals surface area contributed by atoms with Crippen molar-refractivity contribution in [2.75, 3.05) is 6.54 Å². The van der Waals surface area contributed by atoms with Gasteiger partial charge >= 0.3 is 5.97 Å². The first-order valence-electron chi connectivity index (χ1n) is 5.74. The quantitative estimate of drug-likeness (QED) is 0.850. The molecule has 4 heteroatoms. The molecule has 1 aliphatic heterocycles. The summed E-state index contributed by atoms with van der Waals surface area (Å²) in [4.78, 5) is 24.7. The van der Waals surface area contributed by atoms with Crippen molar-refractivity contribution in [1.29, 1.82) is 0 Å². The Balaban J connectivity index is 2.17. The molecule has 1 heterocycles. The molecule has 0 unspecified atom stereocenters. The topological polar surface area (TPSA) is 57.6 Å². The molecule has 1 aromatic rings. The van der Waals surface area contributed by atoms with Crippen molar-refractivity contribution < 1.29 is 14.7 Å². The number of amides is 1. The minimum absolute atomic E-state index is 0.00746. The van der Waals surface area contributed by atoms with E-state index >= 15 is 0 Å². The van der Waals surface area contributed by atoms with Crippen LogP contribution in [0.4, 0.5) is 0 Å². The number of carbonyl (C=O) groups excluding carboxylic acids is 1. The second-order valence-electron chi connectivity index (χ2n) is 4.37. The fourth-order valence-electron chi connectivity index (χ4n) is 2.16. The van der Waals surface area contributed by atoms with Gasteiger partial charge in [-0.1, -0.05) is 0 Å². The largest absolute Gasteiger partial charge is 0.478 e. The van der Waals surface area contributed by atoms with Gasteiger partial charge in [0.05, 0.1) is 5.56 Å². The Morgan fingerprint density at radius 1 is 1.24 bits per heavy atom. The highest BCUT2D eigenvalue weighted by Crippen LogP contribution is 2.19. The summed E-state index contributed by atoms with van der Waals surface area (Å²) in [7, 11) is 0. The molecule has 1 N–H and O–H groups in total. The predicted molar refractivity (Wildman–Crippen MR) is 63.1 cm³/mol. The van der Waals surface area contributed by atoms with E-state index in [-0.39, 0.29) is 17.5 Å². The van der Waals surface area contributed by atoms with Gasteiger partial charge in [0, 0.05) is 18.2 Å². The van der Waals surface area contributed by atoms with Crippen LogP contribution in [0.1, 0.15) is 40.5 Å². The van der Waals surface area contributed by atoms with Crippen molar-refractivity contribution >= 4 is 11.9 Å². The van der Waals surface area contributed by atoms with Gasteiger partial charge in [-0.2, -0.15) is 0 Å². The van der Waals surface area contributed by atoms with Gasteiger partial charge < -0.3 is 10.0 Å². The first-order valence-corrected chi connectivity index (χ1v) is 5.74. The van der Waals surface area contributed by atoms with Gasteiger partial charge in [0.25, 0.3) is 5.91 Å². The minimum atomic E-state index is -0.974. The second-order valence-corrected chi connectivity index (χ2v) is 4.37. The van der Waals surface area contributed by atoms with Gasteiger partial charge in [-0.3, -0.25) is 4.79 Å². The molecule has 0 aromatic heterocycles. The molecule has 90 valence electrons. The van der Waals surface area contributed by atoms with Gasteiger partial charge in [0.1, 0.15) is 0 Å². The lowest BCUT2D eigenvalue weighted by Gasteiger charge is -2.21. The number of carboxylic acid groups (broad SMARTS) is 1. The van der Waals surface area contributed by atoms with Crippen LogP contribution in [-0.2, 0) is 0 Å². The molecule has 1 saturated heterocycles. The fraction of sp³-hybridized carbons (Fsp3) is 0.385. The molecule has 1 atom stereocenters. The Kier molecular flexibility index (Phi) is 3.13. The average molecular weight is 233 g/mol. The third-order valence-corrected chi connectivity index (χ3v) is 3.19. The van der Waals surface area contributed by atoms with E-state index in [9.17, 15) is 9.59 Å². The first kappa shape index (κ1) is 11.6. The van der Waals surface area contributed by atoms with Crippen LogP contribution in [0.25, 0.3) is 0 Å². The highest BCUT2D eigenvalue weighted by molar-refractivity contribution is 5.96. The normalized spacial score (nSPS) is 19.4. The third kappa shape index (κ3) is 2.30. The molecule has 0 saturated carbocycles. The summed E-state index contributed by atoms with van der Waals surface area (Å²) in [6, 6.07) is 6.38. The van der Waals surface area contributed by atoms with Gasteiger partial charge in [-0.25, -0.2) is 4.79 Å². The maximum Gasteiger partial charge on any atom is 0.335 e. The Labute approximate surface area is 99.9 Å². The van der Waals surface area contributed by atoms with Crippen molar-refractivity contribution in [2.45, 2.75) is 25.8 Å². The zero-order valence-electron chi connectivity index (χ0n) is 9.72. The molecule has 1 aromatic carbocycles. The van der Waals surface area contributed by atoms with Crippen LogP contribution >= 0.6 is 0 Å². The zero-order chi connectivity index (χ0) is 12.4. The van der Waals surface area contributed by atoms with Crippen molar-refractivity contribution in [1.82, 2.24) is 4.90 Å². The molecule has 0 bridgehead atoms. The van der Waals surface area contributed by atoms with E-state index < -0.39 is 5.97 Å². The van der Waals surface area contributed by atoms with Crippen LogP contribution in [0.3, 0.4) is 0 Å². The van der Waals surface area contributed by atoms with Crippen LogP contribution in [0, 0.1) is 0 Å². The molecule has 0 aliphatic carbocycles. The molecular formula is C13H15NO3. The lowest BCUT2D eigenvalue weighted by atomic mass is 10.1. The number of likely N-dealkylation sites (tertiary alicyclic amines) is 1. The van der Waals surface area contributed by atoms with E-state index in [1.807, 2.05) is 11.8 Å². The number of hydrogen-bond acceptors (Lipinski definition) is 2. The second kappa shape index (κ2) is 4.57. The third-order valence-electron chi connectivity index (χ3n) is 3.19. The highest BCUT2D eigenvalue weighted by Gasteiger charge is 2.25. The Morgan fingerprint density at radius 3 is 2.29 bits per heavy atom. The zero-order valence-corrected chi connectivity index (χ0v) is 9.72. The van der Waals surface area contributed by atoms with Crippen LogP contribution in [-0.4, -0.2) is 34.5 Å². The van der Waals surface area contributed by atoms with E-state index in [0.29, 0.717) is 5.56 Å². The highest BCUT2D eigenvalue weighted by atomic mass is 16.4. The SMILES string of the molecule is C[C@H]1CCCN1C(=O)c1ccc(C(=O)O)cc1. The summed E-state index contributed by atoms with van der Waals surface area (Å²) in [5.74, 6) is -0.981. The summed E-state index contributed by atoms with van der Waals surface area (Å²) < 4.78 is 0. The van der Waals surface area contributed by atoms with Gasteiger partial charge in [-0.05, 0) is 44.0 Å². The molecule has 1 aliphatic rings. The Hall–Kier alpha value is -1.84. The summed E-state index contributed by atoms with van der Waals surface area (Å²) >= 11 is 0. The van der Waals surface area contributed by atoms with Crippen molar-refractivity contribution in [3.05, 3.63) is 35.4 Å². The first-order chi connectivity index (χ1) is 8.09. The molecule has 1 amide bonds. The monoisotopic (exact) mass is 233 g/mol. The number of carbonyl (C=O) groups is 2. The number of hydrogen-bond donors (Lipinski definition) is 1. The maximum atomic E-state index is 12.1. The summed E-state index contributed by atoms with van der Waals surface area (Å²) in [6.45, 7) is 2.83. The summed E-state index contributed by atoms with van der Waals surface area (Å²) in [5, 5.41) is 8.77.